The number of carbonyl (C=O) groups is 1. The summed E-state index contributed by atoms with van der Waals surface area (Å²) in [4.78, 5) is 17.8. The summed E-state index contributed by atoms with van der Waals surface area (Å²) in [6.07, 6.45) is 2.54. The van der Waals surface area contributed by atoms with Crippen molar-refractivity contribution in [2.45, 2.75) is 12.5 Å². The minimum Gasteiger partial charge on any atom is -0.497 e. The van der Waals surface area contributed by atoms with Crippen molar-refractivity contribution in [3.63, 3.8) is 0 Å². The monoisotopic (exact) mass is 523 g/mol. The van der Waals surface area contributed by atoms with Crippen LogP contribution in [0.1, 0.15) is 29.2 Å². The number of amidine groups is 1. The van der Waals surface area contributed by atoms with E-state index in [2.05, 4.69) is 35.3 Å². The van der Waals surface area contributed by atoms with Crippen LogP contribution >= 0.6 is 23.4 Å². The van der Waals surface area contributed by atoms with Gasteiger partial charge in [0.15, 0.2) is 5.17 Å². The van der Waals surface area contributed by atoms with Crippen molar-refractivity contribution < 1.29 is 9.53 Å². The van der Waals surface area contributed by atoms with Gasteiger partial charge < -0.3 is 4.74 Å². The third-order valence-corrected chi connectivity index (χ3v) is 7.69. The summed E-state index contributed by atoms with van der Waals surface area (Å²) in [6, 6.07) is 29.9. The molecule has 0 N–H and O–H groups in total. The van der Waals surface area contributed by atoms with Crippen LogP contribution in [0.5, 0.6) is 5.75 Å². The average Bonchev–Trinajstić information content (AvgIpc) is 3.53. The number of fused-ring (bicyclic) bond motifs is 1. The Balaban J connectivity index is 1.34. The first kappa shape index (κ1) is 23.5. The second-order valence-electron chi connectivity index (χ2n) is 8.81. The fourth-order valence-electron chi connectivity index (χ4n) is 4.52. The fraction of sp³-hybridized carbons (Fsp3) is 0.100. The lowest BCUT2D eigenvalue weighted by molar-refractivity contribution is -0.113. The number of ether oxygens (including phenoxy) is 1. The Morgan fingerprint density at radius 1 is 0.973 bits per heavy atom. The number of halogens is 1. The largest absolute Gasteiger partial charge is 0.497 e. The van der Waals surface area contributed by atoms with Crippen molar-refractivity contribution in [2.24, 2.45) is 10.1 Å². The predicted octanol–water partition coefficient (Wildman–Crippen LogP) is 7.32. The summed E-state index contributed by atoms with van der Waals surface area (Å²) < 4.78 is 5.23. The highest BCUT2D eigenvalue weighted by atomic mass is 35.5. The average molecular weight is 524 g/mol. The van der Waals surface area contributed by atoms with E-state index < -0.39 is 0 Å². The van der Waals surface area contributed by atoms with Gasteiger partial charge in [-0.05, 0) is 75.6 Å². The zero-order chi connectivity index (χ0) is 25.4. The number of methoxy groups -OCH3 is 1. The Morgan fingerprint density at radius 2 is 1.73 bits per heavy atom. The van der Waals surface area contributed by atoms with Gasteiger partial charge in [0, 0.05) is 11.4 Å². The van der Waals surface area contributed by atoms with Crippen LogP contribution in [-0.4, -0.2) is 28.9 Å². The van der Waals surface area contributed by atoms with Crippen molar-refractivity contribution in [1.29, 1.82) is 0 Å². The second kappa shape index (κ2) is 9.88. The molecule has 4 aromatic carbocycles. The Hall–Kier alpha value is -3.87. The molecule has 2 aliphatic rings. The Kier molecular flexibility index (Phi) is 6.28. The van der Waals surface area contributed by atoms with Crippen LogP contribution in [0.15, 0.2) is 106 Å². The Morgan fingerprint density at radius 3 is 2.49 bits per heavy atom. The molecule has 0 spiro atoms. The van der Waals surface area contributed by atoms with Gasteiger partial charge in [-0.1, -0.05) is 72.3 Å². The van der Waals surface area contributed by atoms with Crippen LogP contribution in [0, 0.1) is 0 Å². The fourth-order valence-corrected chi connectivity index (χ4v) is 5.56. The first-order valence-electron chi connectivity index (χ1n) is 11.9. The second-order valence-corrected chi connectivity index (χ2v) is 10.3. The molecule has 1 unspecified atom stereocenters. The number of hydrazone groups is 1. The van der Waals surface area contributed by atoms with Gasteiger partial charge in [0.1, 0.15) is 5.75 Å². The van der Waals surface area contributed by atoms with E-state index in [-0.39, 0.29) is 11.9 Å². The van der Waals surface area contributed by atoms with Crippen molar-refractivity contribution in [3.8, 4) is 5.75 Å². The number of aliphatic imine (C=N–C) groups is 1. The summed E-state index contributed by atoms with van der Waals surface area (Å²) in [5.74, 6) is 0.503. The normalized spacial score (nSPS) is 18.4. The Bertz CT molecular complexity index is 1590. The van der Waals surface area contributed by atoms with Crippen LogP contribution in [0.2, 0.25) is 5.02 Å². The molecule has 0 radical (unpaired) electrons. The summed E-state index contributed by atoms with van der Waals surface area (Å²) in [7, 11) is 1.63. The first-order chi connectivity index (χ1) is 18.1. The minimum absolute atomic E-state index is 0.0990. The van der Waals surface area contributed by atoms with E-state index in [0.29, 0.717) is 21.5 Å². The number of amides is 1. The molecule has 0 aliphatic carbocycles. The molecule has 4 aromatic rings. The number of benzene rings is 4. The van der Waals surface area contributed by atoms with Crippen LogP contribution in [0.25, 0.3) is 16.8 Å². The van der Waals surface area contributed by atoms with Gasteiger partial charge in [0.2, 0.25) is 0 Å². The third-order valence-electron chi connectivity index (χ3n) is 6.47. The van der Waals surface area contributed by atoms with E-state index in [1.165, 1.54) is 17.1 Å². The van der Waals surface area contributed by atoms with Gasteiger partial charge in [-0.15, -0.1) is 0 Å². The van der Waals surface area contributed by atoms with Gasteiger partial charge in [0.05, 0.1) is 23.8 Å². The molecular weight excluding hydrogens is 502 g/mol. The highest BCUT2D eigenvalue weighted by Crippen LogP contribution is 2.40. The lowest BCUT2D eigenvalue weighted by atomic mass is 9.97. The van der Waals surface area contributed by atoms with Crippen molar-refractivity contribution in [1.82, 2.24) is 5.01 Å². The first-order valence-corrected chi connectivity index (χ1v) is 13.0. The maximum atomic E-state index is 12.9. The smallest absolute Gasteiger partial charge is 0.286 e. The molecule has 0 saturated carbocycles. The number of nitrogens with zero attached hydrogens (tertiary/aromatic N) is 3. The minimum atomic E-state index is -0.264. The lowest BCUT2D eigenvalue weighted by Crippen LogP contribution is -2.23. The lowest BCUT2D eigenvalue weighted by Gasteiger charge is -2.22. The van der Waals surface area contributed by atoms with Gasteiger partial charge in [-0.3, -0.25) is 4.79 Å². The molecule has 6 rings (SSSR count). The summed E-state index contributed by atoms with van der Waals surface area (Å²) >= 11 is 7.51. The van der Waals surface area contributed by atoms with E-state index >= 15 is 0 Å². The highest BCUT2D eigenvalue weighted by Gasteiger charge is 2.36. The van der Waals surface area contributed by atoms with Crippen LogP contribution < -0.4 is 4.74 Å². The molecule has 2 aliphatic heterocycles. The van der Waals surface area contributed by atoms with Crippen molar-refractivity contribution in [3.05, 3.63) is 118 Å². The topological polar surface area (TPSA) is 54.3 Å². The Labute approximate surface area is 224 Å². The molecule has 37 heavy (non-hydrogen) atoms. The molecule has 0 bridgehead atoms. The summed E-state index contributed by atoms with van der Waals surface area (Å²) in [6.45, 7) is 0. The highest BCUT2D eigenvalue weighted by molar-refractivity contribution is 8.18. The SMILES string of the molecule is COc1ccc(/C=C2\SC(N3N=C(c4ccc5ccccc5c4)CC3c3ccc(Cl)cc3)=NC2=O)cc1. The van der Waals surface area contributed by atoms with Gasteiger partial charge in [0.25, 0.3) is 5.91 Å². The maximum absolute atomic E-state index is 12.9. The van der Waals surface area contributed by atoms with E-state index in [0.717, 1.165) is 33.5 Å². The summed E-state index contributed by atoms with van der Waals surface area (Å²) in [5.41, 5.74) is 3.98. The number of hydrogen-bond donors (Lipinski definition) is 0. The molecular formula is C30H22ClN3O2S. The van der Waals surface area contributed by atoms with E-state index in [1.54, 1.807) is 7.11 Å². The number of thioether (sulfide) groups is 1. The number of rotatable bonds is 4. The van der Waals surface area contributed by atoms with E-state index in [9.17, 15) is 4.79 Å². The van der Waals surface area contributed by atoms with Crippen LogP contribution in [0.3, 0.4) is 0 Å². The molecule has 0 saturated heterocycles. The summed E-state index contributed by atoms with van der Waals surface area (Å²) in [5, 5.41) is 10.5. The molecule has 2 heterocycles. The molecule has 1 atom stereocenters. The maximum Gasteiger partial charge on any atom is 0.286 e. The van der Waals surface area contributed by atoms with Gasteiger partial charge in [-0.2, -0.15) is 10.1 Å². The molecule has 1 amide bonds. The molecule has 5 nitrogen and oxygen atoms in total. The zero-order valence-corrected chi connectivity index (χ0v) is 21.5. The molecule has 0 fully saturated rings. The van der Waals surface area contributed by atoms with Gasteiger partial charge >= 0.3 is 0 Å². The van der Waals surface area contributed by atoms with Crippen molar-refractivity contribution >= 4 is 57.0 Å². The predicted molar refractivity (Wildman–Crippen MR) is 152 cm³/mol. The third kappa shape index (κ3) is 4.78. The molecule has 0 aromatic heterocycles. The zero-order valence-electron chi connectivity index (χ0n) is 20.0. The quantitative estimate of drug-likeness (QED) is 0.263. The van der Waals surface area contributed by atoms with Gasteiger partial charge in [-0.25, -0.2) is 5.01 Å². The molecule has 7 heteroatoms. The van der Waals surface area contributed by atoms with E-state index in [1.807, 2.05) is 71.7 Å². The van der Waals surface area contributed by atoms with Crippen molar-refractivity contribution in [2.75, 3.05) is 7.11 Å². The number of carbonyl (C=O) groups excluding carboxylic acids is 1. The van der Waals surface area contributed by atoms with Crippen LogP contribution in [-0.2, 0) is 4.79 Å². The number of hydrogen-bond acceptors (Lipinski definition) is 5. The van der Waals surface area contributed by atoms with E-state index in [4.69, 9.17) is 21.4 Å². The standard InChI is InChI=1S/C30H22ClN3O2S/c1-36-25-14-6-19(7-15-25)16-28-29(35)32-30(37-28)34-27(21-10-12-24(31)13-11-21)18-26(33-34)23-9-8-20-4-2-3-5-22(20)17-23/h2-17,27H,18H2,1H3/b28-16-. The van der Waals surface area contributed by atoms with Crippen LogP contribution in [0.4, 0.5) is 0 Å². The molecule has 182 valence electrons.